The van der Waals surface area contributed by atoms with E-state index < -0.39 is 0 Å². The van der Waals surface area contributed by atoms with E-state index in [0.29, 0.717) is 12.0 Å². The summed E-state index contributed by atoms with van der Waals surface area (Å²) < 4.78 is 0. The van der Waals surface area contributed by atoms with Crippen LogP contribution in [0.5, 0.6) is 0 Å². The fourth-order valence-electron chi connectivity index (χ4n) is 3.88. The molecule has 1 amide bonds. The molecule has 3 heteroatoms. The van der Waals surface area contributed by atoms with Gasteiger partial charge in [-0.3, -0.25) is 9.69 Å². The zero-order valence-corrected chi connectivity index (χ0v) is 14.4. The predicted molar refractivity (Wildman–Crippen MR) is 88.1 cm³/mol. The lowest BCUT2D eigenvalue weighted by Gasteiger charge is -2.34. The van der Waals surface area contributed by atoms with Gasteiger partial charge in [0.05, 0.1) is 5.92 Å². The second kappa shape index (κ2) is 6.51. The van der Waals surface area contributed by atoms with Gasteiger partial charge in [0.15, 0.2) is 0 Å². The van der Waals surface area contributed by atoms with E-state index >= 15 is 0 Å². The molecule has 1 saturated carbocycles. The van der Waals surface area contributed by atoms with E-state index in [4.69, 9.17) is 0 Å². The Kier molecular flexibility index (Phi) is 5.13. The van der Waals surface area contributed by atoms with Crippen LogP contribution >= 0.6 is 0 Å². The van der Waals surface area contributed by atoms with Gasteiger partial charge in [0.25, 0.3) is 0 Å². The minimum atomic E-state index is 0.123. The van der Waals surface area contributed by atoms with E-state index in [1.165, 1.54) is 31.4 Å². The Bertz CT molecular complexity index is 409. The van der Waals surface area contributed by atoms with Gasteiger partial charge in [-0.2, -0.15) is 0 Å². The Morgan fingerprint density at radius 1 is 1.33 bits per heavy atom. The van der Waals surface area contributed by atoms with Gasteiger partial charge in [-0.05, 0) is 51.1 Å². The molecule has 1 saturated heterocycles. The largest absolute Gasteiger partial charge is 0.354 e. The summed E-state index contributed by atoms with van der Waals surface area (Å²) in [5, 5.41) is 3.23. The minimum Gasteiger partial charge on any atom is -0.354 e. The monoisotopic (exact) mass is 292 g/mol. The number of allylic oxidation sites excluding steroid dienone is 2. The van der Waals surface area contributed by atoms with Crippen molar-refractivity contribution in [3.8, 4) is 0 Å². The van der Waals surface area contributed by atoms with Gasteiger partial charge in [0.2, 0.25) is 5.91 Å². The molecule has 21 heavy (non-hydrogen) atoms. The molecule has 2 rings (SSSR count). The molecule has 1 aliphatic carbocycles. The molecule has 0 spiro atoms. The minimum absolute atomic E-state index is 0.123. The van der Waals surface area contributed by atoms with Crippen LogP contribution in [0.15, 0.2) is 11.6 Å². The van der Waals surface area contributed by atoms with E-state index in [0.717, 1.165) is 13.1 Å². The molecular weight excluding hydrogens is 260 g/mol. The number of carbonyl (C=O) groups excluding carboxylic acids is 1. The first-order valence-corrected chi connectivity index (χ1v) is 8.54. The van der Waals surface area contributed by atoms with Crippen molar-refractivity contribution in [2.24, 2.45) is 17.3 Å². The van der Waals surface area contributed by atoms with Gasteiger partial charge in [-0.1, -0.05) is 38.8 Å². The van der Waals surface area contributed by atoms with Crippen LogP contribution in [-0.2, 0) is 4.79 Å². The summed E-state index contributed by atoms with van der Waals surface area (Å²) in [6, 6.07) is 0.538. The summed E-state index contributed by atoms with van der Waals surface area (Å²) in [5.41, 5.74) is 1.44. The zero-order chi connectivity index (χ0) is 15.6. The number of hydrogen-bond donors (Lipinski definition) is 1. The maximum atomic E-state index is 12.5. The highest BCUT2D eigenvalue weighted by molar-refractivity contribution is 5.83. The summed E-state index contributed by atoms with van der Waals surface area (Å²) >= 11 is 0. The van der Waals surface area contributed by atoms with Gasteiger partial charge in [0, 0.05) is 12.6 Å². The number of piperidine rings is 1. The molecule has 120 valence electrons. The van der Waals surface area contributed by atoms with Crippen molar-refractivity contribution in [1.82, 2.24) is 10.2 Å². The number of likely N-dealkylation sites (N-methyl/N-ethyl adjacent to an activating group) is 1. The number of nitrogens with one attached hydrogen (secondary N) is 1. The Morgan fingerprint density at radius 2 is 2.05 bits per heavy atom. The first kappa shape index (κ1) is 16.5. The molecule has 0 radical (unpaired) electrons. The molecule has 1 aliphatic heterocycles. The quantitative estimate of drug-likeness (QED) is 0.789. The Morgan fingerprint density at radius 3 is 2.67 bits per heavy atom. The average molecular weight is 292 g/mol. The number of amides is 1. The van der Waals surface area contributed by atoms with Crippen molar-refractivity contribution in [3.05, 3.63) is 11.6 Å². The highest BCUT2D eigenvalue weighted by Gasteiger charge is 2.60. The fourth-order valence-corrected chi connectivity index (χ4v) is 3.88. The van der Waals surface area contributed by atoms with E-state index in [1.54, 1.807) is 0 Å². The highest BCUT2D eigenvalue weighted by atomic mass is 16.2. The Labute approximate surface area is 130 Å². The standard InChI is InChI=1S/C18H32N2O/c1-6-20-10-8-7-9-14(20)12-19-17(21)16-15(11-13(2)3)18(16,4)5/h11,14-16H,6-10,12H2,1-5H3,(H,19,21)/t14-,15+,16-/m1/s1. The third-order valence-electron chi connectivity index (χ3n) is 5.37. The lowest BCUT2D eigenvalue weighted by atomic mass is 10.0. The molecule has 0 aromatic heterocycles. The van der Waals surface area contributed by atoms with E-state index in [-0.39, 0.29) is 17.2 Å². The first-order chi connectivity index (χ1) is 9.87. The average Bonchev–Trinajstić information content (AvgIpc) is 2.96. The van der Waals surface area contributed by atoms with Crippen molar-refractivity contribution in [2.75, 3.05) is 19.6 Å². The fraction of sp³-hybridized carbons (Fsp3) is 0.833. The lowest BCUT2D eigenvalue weighted by Crippen LogP contribution is -2.46. The summed E-state index contributed by atoms with van der Waals surface area (Å²) in [4.78, 5) is 15.0. The third-order valence-corrected chi connectivity index (χ3v) is 5.37. The lowest BCUT2D eigenvalue weighted by molar-refractivity contribution is -0.123. The van der Waals surface area contributed by atoms with Gasteiger partial charge < -0.3 is 5.32 Å². The molecule has 0 aromatic rings. The van der Waals surface area contributed by atoms with Crippen LogP contribution in [0, 0.1) is 17.3 Å². The van der Waals surface area contributed by atoms with Crippen LogP contribution in [0.25, 0.3) is 0 Å². The third kappa shape index (κ3) is 3.68. The molecule has 2 fully saturated rings. The smallest absolute Gasteiger partial charge is 0.224 e. The molecule has 1 N–H and O–H groups in total. The van der Waals surface area contributed by atoms with Crippen molar-refractivity contribution in [3.63, 3.8) is 0 Å². The SMILES string of the molecule is CCN1CCCC[C@@H]1CNC(=O)[C@H]1[C@H](C=C(C)C)C1(C)C. The van der Waals surface area contributed by atoms with Crippen LogP contribution in [0.4, 0.5) is 0 Å². The van der Waals surface area contributed by atoms with Gasteiger partial charge in [0.1, 0.15) is 0 Å². The summed E-state index contributed by atoms with van der Waals surface area (Å²) in [5.74, 6) is 0.825. The van der Waals surface area contributed by atoms with Crippen molar-refractivity contribution in [2.45, 2.75) is 59.9 Å². The number of hydrogen-bond acceptors (Lipinski definition) is 2. The van der Waals surface area contributed by atoms with Gasteiger partial charge >= 0.3 is 0 Å². The van der Waals surface area contributed by atoms with Crippen molar-refractivity contribution >= 4 is 5.91 Å². The molecule has 0 unspecified atom stereocenters. The van der Waals surface area contributed by atoms with E-state index in [9.17, 15) is 4.79 Å². The summed E-state index contributed by atoms with van der Waals surface area (Å²) in [6.45, 7) is 14.0. The molecule has 0 aromatic carbocycles. The van der Waals surface area contributed by atoms with Crippen LogP contribution < -0.4 is 5.32 Å². The predicted octanol–water partition coefficient (Wildman–Crippen LogP) is 3.22. The first-order valence-electron chi connectivity index (χ1n) is 8.54. The summed E-state index contributed by atoms with van der Waals surface area (Å²) in [6.07, 6.45) is 6.09. The second-order valence-electron chi connectivity index (χ2n) is 7.59. The molecule has 3 atom stereocenters. The Balaban J connectivity index is 1.86. The van der Waals surface area contributed by atoms with Gasteiger partial charge in [-0.25, -0.2) is 0 Å². The van der Waals surface area contributed by atoms with Crippen molar-refractivity contribution in [1.29, 1.82) is 0 Å². The molecular formula is C18H32N2O. The maximum Gasteiger partial charge on any atom is 0.224 e. The maximum absolute atomic E-state index is 12.5. The number of rotatable bonds is 5. The topological polar surface area (TPSA) is 32.3 Å². The van der Waals surface area contributed by atoms with Crippen LogP contribution in [0.3, 0.4) is 0 Å². The van der Waals surface area contributed by atoms with Crippen LogP contribution in [0.2, 0.25) is 0 Å². The van der Waals surface area contributed by atoms with E-state index in [1.807, 2.05) is 0 Å². The molecule has 1 heterocycles. The zero-order valence-electron chi connectivity index (χ0n) is 14.4. The second-order valence-corrected chi connectivity index (χ2v) is 7.59. The van der Waals surface area contributed by atoms with Crippen LogP contribution in [0.1, 0.15) is 53.9 Å². The normalized spacial score (nSPS) is 31.6. The van der Waals surface area contributed by atoms with Crippen LogP contribution in [-0.4, -0.2) is 36.5 Å². The highest BCUT2D eigenvalue weighted by Crippen LogP contribution is 2.59. The van der Waals surface area contributed by atoms with E-state index in [2.05, 4.69) is 50.9 Å². The Hall–Kier alpha value is -0.830. The molecule has 3 nitrogen and oxygen atoms in total. The number of likely N-dealkylation sites (tertiary alicyclic amines) is 1. The molecule has 0 bridgehead atoms. The summed E-state index contributed by atoms with van der Waals surface area (Å²) in [7, 11) is 0. The molecule has 2 aliphatic rings. The van der Waals surface area contributed by atoms with Crippen molar-refractivity contribution < 1.29 is 4.79 Å². The number of nitrogens with zero attached hydrogens (tertiary/aromatic N) is 1. The van der Waals surface area contributed by atoms with Gasteiger partial charge in [-0.15, -0.1) is 0 Å². The number of carbonyl (C=O) groups is 1.